The minimum atomic E-state index is -4.78. The first-order chi connectivity index (χ1) is 15.1. The molecule has 3 N–H and O–H groups in total. The van der Waals surface area contributed by atoms with Crippen molar-refractivity contribution in [2.45, 2.75) is 13.1 Å². The van der Waals surface area contributed by atoms with Gasteiger partial charge >= 0.3 is 6.18 Å². The third-order valence-electron chi connectivity index (χ3n) is 4.37. The molecule has 2 amide bonds. The Balaban J connectivity index is 2.00. The van der Waals surface area contributed by atoms with E-state index in [-0.39, 0.29) is 22.6 Å². The van der Waals surface area contributed by atoms with Gasteiger partial charge in [-0.2, -0.15) is 13.2 Å². The van der Waals surface area contributed by atoms with Crippen molar-refractivity contribution in [3.8, 4) is 0 Å². The van der Waals surface area contributed by atoms with Gasteiger partial charge in [0.1, 0.15) is 10.8 Å². The average molecular weight is 464 g/mol. The molecule has 0 fully saturated rings. The summed E-state index contributed by atoms with van der Waals surface area (Å²) < 4.78 is 39.1. The lowest BCUT2D eigenvalue weighted by Gasteiger charge is -2.15. The molecule has 1 aromatic carbocycles. The van der Waals surface area contributed by atoms with Crippen LogP contribution in [-0.2, 0) is 6.18 Å². The summed E-state index contributed by atoms with van der Waals surface area (Å²) in [4.78, 5) is 32.2. The number of nitrogens with one attached hydrogen (secondary N) is 3. The summed E-state index contributed by atoms with van der Waals surface area (Å²) in [5.74, 6) is -1.15. The van der Waals surface area contributed by atoms with Gasteiger partial charge in [-0.25, -0.2) is 9.97 Å². The molecule has 0 spiro atoms. The predicted molar refractivity (Wildman–Crippen MR) is 114 cm³/mol. The van der Waals surface area contributed by atoms with Crippen LogP contribution >= 0.6 is 11.6 Å². The van der Waals surface area contributed by atoms with E-state index in [1.165, 1.54) is 19.3 Å². The van der Waals surface area contributed by atoms with Gasteiger partial charge in [0.25, 0.3) is 11.8 Å². The van der Waals surface area contributed by atoms with Gasteiger partial charge in [0.2, 0.25) is 0 Å². The summed E-state index contributed by atoms with van der Waals surface area (Å²) in [7, 11) is 1.43. The van der Waals surface area contributed by atoms with Gasteiger partial charge in [-0.05, 0) is 36.8 Å². The average Bonchev–Trinajstić information content (AvgIpc) is 2.74. The first-order valence-corrected chi connectivity index (χ1v) is 9.57. The number of anilines is 3. The fourth-order valence-corrected chi connectivity index (χ4v) is 2.95. The van der Waals surface area contributed by atoms with Crippen LogP contribution in [0.4, 0.5) is 30.4 Å². The molecular formula is C21H17ClF3N5O2. The molecule has 3 aromatic rings. The third kappa shape index (κ3) is 5.33. The molecule has 32 heavy (non-hydrogen) atoms. The molecule has 3 rings (SSSR count). The number of carbonyl (C=O) groups excluding carboxylic acids is 2. The fourth-order valence-electron chi connectivity index (χ4n) is 2.74. The number of alkyl halides is 3. The van der Waals surface area contributed by atoms with Crippen molar-refractivity contribution in [1.82, 2.24) is 15.3 Å². The van der Waals surface area contributed by atoms with Crippen molar-refractivity contribution < 1.29 is 22.8 Å². The van der Waals surface area contributed by atoms with Crippen LogP contribution in [0.15, 0.2) is 48.7 Å². The lowest BCUT2D eigenvalue weighted by Crippen LogP contribution is -2.20. The molecule has 0 saturated heterocycles. The minimum absolute atomic E-state index is 0.0841. The quantitative estimate of drug-likeness (QED) is 0.472. The van der Waals surface area contributed by atoms with Crippen LogP contribution in [0.3, 0.4) is 0 Å². The lowest BCUT2D eigenvalue weighted by molar-refractivity contribution is -0.141. The topological polar surface area (TPSA) is 96.0 Å². The first kappa shape index (κ1) is 23.0. The second-order valence-corrected chi connectivity index (χ2v) is 7.04. The molecule has 0 saturated carbocycles. The number of amides is 2. The fraction of sp³-hybridized carbons (Fsp3) is 0.143. The molecule has 0 aliphatic carbocycles. The van der Waals surface area contributed by atoms with Crippen LogP contribution in [0.5, 0.6) is 0 Å². The van der Waals surface area contributed by atoms with Gasteiger partial charge < -0.3 is 16.0 Å². The molecule has 7 nitrogen and oxygen atoms in total. The molecule has 0 aliphatic rings. The summed E-state index contributed by atoms with van der Waals surface area (Å²) in [5.41, 5.74) is 0.144. The van der Waals surface area contributed by atoms with Gasteiger partial charge in [0.15, 0.2) is 5.82 Å². The van der Waals surface area contributed by atoms with Crippen LogP contribution in [0.25, 0.3) is 0 Å². The van der Waals surface area contributed by atoms with Crippen LogP contribution in [0.2, 0.25) is 5.15 Å². The van der Waals surface area contributed by atoms with Gasteiger partial charge in [-0.1, -0.05) is 29.8 Å². The molecule has 0 bridgehead atoms. The maximum atomic E-state index is 13.0. The second-order valence-electron chi connectivity index (χ2n) is 6.65. The number of rotatable bonds is 5. The SMILES string of the molecule is CNC(=O)c1cnc(Nc2ccccc2C)c(NC(=O)c2cc(Cl)nc(C(F)(F)F)c2)c1. The standard InChI is InChI=1S/C21H17ClF3N5O2/c1-11-5-3-4-6-14(11)28-18-15(7-13(10-27-18)19(31)26-2)29-20(32)12-8-16(21(23,24)25)30-17(22)9-12/h3-10H,1-2H3,(H,26,31)(H,27,28)(H,29,32). The van der Waals surface area contributed by atoms with Crippen molar-refractivity contribution >= 4 is 40.6 Å². The van der Waals surface area contributed by atoms with E-state index in [1.807, 2.05) is 19.1 Å². The maximum Gasteiger partial charge on any atom is 0.433 e. The van der Waals surface area contributed by atoms with Crippen LogP contribution in [0, 0.1) is 6.92 Å². The Kier molecular flexibility index (Phi) is 6.64. The van der Waals surface area contributed by atoms with E-state index in [9.17, 15) is 22.8 Å². The van der Waals surface area contributed by atoms with Gasteiger partial charge in [0.05, 0.1) is 11.3 Å². The molecule has 0 atom stereocenters. The number of para-hydroxylation sites is 1. The van der Waals surface area contributed by atoms with Gasteiger partial charge in [-0.15, -0.1) is 0 Å². The van der Waals surface area contributed by atoms with E-state index in [4.69, 9.17) is 11.6 Å². The number of hydrogen-bond donors (Lipinski definition) is 3. The van der Waals surface area contributed by atoms with Gasteiger partial charge in [-0.3, -0.25) is 9.59 Å². The Morgan fingerprint density at radius 2 is 1.72 bits per heavy atom. The smallest absolute Gasteiger partial charge is 0.355 e. The number of nitrogens with zero attached hydrogens (tertiary/aromatic N) is 2. The highest BCUT2D eigenvalue weighted by molar-refractivity contribution is 6.30. The highest BCUT2D eigenvalue weighted by atomic mass is 35.5. The Bertz CT molecular complexity index is 1180. The monoisotopic (exact) mass is 463 g/mol. The predicted octanol–water partition coefficient (Wildman–Crippen LogP) is 4.81. The Hall–Kier alpha value is -3.66. The molecular weight excluding hydrogens is 447 g/mol. The third-order valence-corrected chi connectivity index (χ3v) is 4.56. The van der Waals surface area contributed by atoms with Crippen molar-refractivity contribution in [2.24, 2.45) is 0 Å². The van der Waals surface area contributed by atoms with E-state index in [2.05, 4.69) is 25.9 Å². The highest BCUT2D eigenvalue weighted by Crippen LogP contribution is 2.30. The molecule has 0 unspecified atom stereocenters. The zero-order valence-corrected chi connectivity index (χ0v) is 17.6. The van der Waals surface area contributed by atoms with E-state index < -0.39 is 28.8 Å². The Morgan fingerprint density at radius 3 is 2.38 bits per heavy atom. The zero-order valence-electron chi connectivity index (χ0n) is 16.8. The largest absolute Gasteiger partial charge is 0.433 e. The summed E-state index contributed by atoms with van der Waals surface area (Å²) in [6.07, 6.45) is -3.47. The van der Waals surface area contributed by atoms with Crippen molar-refractivity contribution in [1.29, 1.82) is 0 Å². The Labute approximate surface area is 186 Å². The molecule has 11 heteroatoms. The minimum Gasteiger partial charge on any atom is -0.355 e. The zero-order chi connectivity index (χ0) is 23.5. The van der Waals surface area contributed by atoms with Crippen LogP contribution in [0.1, 0.15) is 32.0 Å². The number of pyridine rings is 2. The van der Waals surface area contributed by atoms with E-state index in [0.717, 1.165) is 11.6 Å². The summed E-state index contributed by atoms with van der Waals surface area (Å²) in [6.45, 7) is 1.86. The van der Waals surface area contributed by atoms with Crippen molar-refractivity contribution in [2.75, 3.05) is 17.7 Å². The van der Waals surface area contributed by atoms with E-state index >= 15 is 0 Å². The summed E-state index contributed by atoms with van der Waals surface area (Å²) >= 11 is 5.68. The number of hydrogen-bond acceptors (Lipinski definition) is 5. The van der Waals surface area contributed by atoms with Gasteiger partial charge in [0, 0.05) is 24.5 Å². The Morgan fingerprint density at radius 1 is 1.00 bits per heavy atom. The number of carbonyl (C=O) groups is 2. The van der Waals surface area contributed by atoms with Crippen LogP contribution in [-0.4, -0.2) is 28.8 Å². The number of halogens is 4. The van der Waals surface area contributed by atoms with Crippen LogP contribution < -0.4 is 16.0 Å². The molecule has 2 aromatic heterocycles. The van der Waals surface area contributed by atoms with Crippen molar-refractivity contribution in [3.63, 3.8) is 0 Å². The molecule has 166 valence electrons. The first-order valence-electron chi connectivity index (χ1n) is 9.19. The van der Waals surface area contributed by atoms with Crippen molar-refractivity contribution in [3.05, 3.63) is 76.2 Å². The van der Waals surface area contributed by atoms with E-state index in [0.29, 0.717) is 11.8 Å². The molecule has 0 radical (unpaired) electrons. The normalized spacial score (nSPS) is 11.1. The second kappa shape index (κ2) is 9.23. The maximum absolute atomic E-state index is 13.0. The number of aryl methyl sites for hydroxylation is 1. The summed E-state index contributed by atoms with van der Waals surface area (Å²) in [5, 5.41) is 7.50. The highest BCUT2D eigenvalue weighted by Gasteiger charge is 2.33. The number of aromatic nitrogens is 2. The number of benzene rings is 1. The van der Waals surface area contributed by atoms with E-state index in [1.54, 1.807) is 12.1 Å². The molecule has 0 aliphatic heterocycles. The lowest BCUT2D eigenvalue weighted by atomic mass is 10.1. The molecule has 2 heterocycles. The summed E-state index contributed by atoms with van der Waals surface area (Å²) in [6, 6.07) is 10.2.